The van der Waals surface area contributed by atoms with Gasteiger partial charge in [0, 0.05) is 19.6 Å². The molecule has 0 aliphatic carbocycles. The maximum absolute atomic E-state index is 12.4. The van der Waals surface area contributed by atoms with Gasteiger partial charge in [0.05, 0.1) is 12.3 Å². The molecule has 1 aromatic heterocycles. The molecule has 0 unspecified atom stereocenters. The minimum atomic E-state index is -3.38. The Hall–Kier alpha value is -0.890. The lowest BCUT2D eigenvalue weighted by atomic mass is 10.2. The van der Waals surface area contributed by atoms with E-state index >= 15 is 0 Å². The van der Waals surface area contributed by atoms with E-state index in [-0.39, 0.29) is 6.04 Å². The topological polar surface area (TPSA) is 65.8 Å². The summed E-state index contributed by atoms with van der Waals surface area (Å²) >= 11 is 0. The Balaban J connectivity index is 1.65. The summed E-state index contributed by atoms with van der Waals surface area (Å²) < 4.78 is 34.8. The average molecular weight is 327 g/mol. The van der Waals surface area contributed by atoms with Crippen LogP contribution in [0.4, 0.5) is 0 Å². The van der Waals surface area contributed by atoms with Gasteiger partial charge in [0.2, 0.25) is 0 Å². The van der Waals surface area contributed by atoms with Crippen LogP contribution in [0.2, 0.25) is 0 Å². The summed E-state index contributed by atoms with van der Waals surface area (Å²) in [5, 5.41) is 0. The lowest BCUT2D eigenvalue weighted by Crippen LogP contribution is -2.46. The van der Waals surface area contributed by atoms with Gasteiger partial charge in [-0.3, -0.25) is 4.90 Å². The molecule has 2 saturated heterocycles. The number of furan rings is 1. The summed E-state index contributed by atoms with van der Waals surface area (Å²) in [5.74, 6) is 0.836. The lowest BCUT2D eigenvalue weighted by molar-refractivity contribution is 0.215. The van der Waals surface area contributed by atoms with Gasteiger partial charge in [-0.05, 0) is 50.9 Å². The zero-order valence-corrected chi connectivity index (χ0v) is 13.7. The maximum atomic E-state index is 12.4. The molecule has 0 spiro atoms. The first-order chi connectivity index (χ1) is 10.7. The summed E-state index contributed by atoms with van der Waals surface area (Å²) in [4.78, 5) is 2.30. The van der Waals surface area contributed by atoms with Gasteiger partial charge >= 0.3 is 0 Å². The van der Waals surface area contributed by atoms with Crippen molar-refractivity contribution in [2.45, 2.75) is 38.1 Å². The molecule has 1 aromatic rings. The van der Waals surface area contributed by atoms with Crippen LogP contribution in [0.25, 0.3) is 0 Å². The Kier molecular flexibility index (Phi) is 5.18. The Bertz CT molecular complexity index is 547. The summed E-state index contributed by atoms with van der Waals surface area (Å²) in [6.07, 6.45) is 7.00. The first kappa shape index (κ1) is 16.0. The van der Waals surface area contributed by atoms with Crippen molar-refractivity contribution >= 4 is 10.2 Å². The fourth-order valence-electron chi connectivity index (χ4n) is 3.32. The van der Waals surface area contributed by atoms with Crippen LogP contribution in [-0.2, 0) is 10.2 Å². The molecule has 124 valence electrons. The largest absolute Gasteiger partial charge is 0.468 e. The Morgan fingerprint density at radius 2 is 1.77 bits per heavy atom. The summed E-state index contributed by atoms with van der Waals surface area (Å²) in [6.45, 7) is 3.62. The number of piperidine rings is 1. The van der Waals surface area contributed by atoms with Gasteiger partial charge in [-0.1, -0.05) is 6.42 Å². The Morgan fingerprint density at radius 1 is 1.09 bits per heavy atom. The molecule has 22 heavy (non-hydrogen) atoms. The molecular formula is C15H25N3O3S. The molecule has 2 fully saturated rings. The van der Waals surface area contributed by atoms with Crippen LogP contribution < -0.4 is 4.72 Å². The molecular weight excluding hydrogens is 302 g/mol. The van der Waals surface area contributed by atoms with Gasteiger partial charge in [-0.25, -0.2) is 4.72 Å². The number of nitrogens with one attached hydrogen (secondary N) is 1. The molecule has 2 aliphatic rings. The molecule has 1 atom stereocenters. The number of hydrogen-bond donors (Lipinski definition) is 1. The second kappa shape index (κ2) is 7.12. The van der Waals surface area contributed by atoms with E-state index in [1.807, 2.05) is 12.1 Å². The van der Waals surface area contributed by atoms with Gasteiger partial charge in [-0.2, -0.15) is 12.7 Å². The maximum Gasteiger partial charge on any atom is 0.279 e. The van der Waals surface area contributed by atoms with Gasteiger partial charge in [0.25, 0.3) is 10.2 Å². The van der Waals surface area contributed by atoms with Crippen LogP contribution >= 0.6 is 0 Å². The molecule has 6 nitrogen and oxygen atoms in total. The molecule has 7 heteroatoms. The van der Waals surface area contributed by atoms with E-state index in [0.717, 1.165) is 51.0 Å². The fourth-order valence-corrected chi connectivity index (χ4v) is 4.61. The van der Waals surface area contributed by atoms with Crippen LogP contribution in [0.5, 0.6) is 0 Å². The third-order valence-corrected chi connectivity index (χ3v) is 6.14. The summed E-state index contributed by atoms with van der Waals surface area (Å²) in [5.41, 5.74) is 0. The number of rotatable bonds is 6. The second-order valence-electron chi connectivity index (χ2n) is 6.09. The van der Waals surface area contributed by atoms with Crippen molar-refractivity contribution in [1.82, 2.24) is 13.9 Å². The SMILES string of the molecule is O=S(=O)(NC[C@H](c1ccco1)N1CCCC1)N1CCCCC1. The number of nitrogens with zero attached hydrogens (tertiary/aromatic N) is 2. The molecule has 3 heterocycles. The van der Waals surface area contributed by atoms with Gasteiger partial charge in [0.15, 0.2) is 0 Å². The van der Waals surface area contributed by atoms with Crippen LogP contribution in [-0.4, -0.2) is 50.3 Å². The molecule has 1 N–H and O–H groups in total. The first-order valence-electron chi connectivity index (χ1n) is 8.19. The molecule has 3 rings (SSSR count). The molecule has 2 aliphatic heterocycles. The smallest absolute Gasteiger partial charge is 0.279 e. The second-order valence-corrected chi connectivity index (χ2v) is 7.84. The van der Waals surface area contributed by atoms with Crippen molar-refractivity contribution in [2.24, 2.45) is 0 Å². The average Bonchev–Trinajstić information content (AvgIpc) is 3.22. The van der Waals surface area contributed by atoms with Crippen molar-refractivity contribution in [3.8, 4) is 0 Å². The van der Waals surface area contributed by atoms with E-state index in [1.54, 1.807) is 10.6 Å². The van der Waals surface area contributed by atoms with Crippen molar-refractivity contribution in [3.63, 3.8) is 0 Å². The highest BCUT2D eigenvalue weighted by Gasteiger charge is 2.29. The minimum absolute atomic E-state index is 0.0166. The van der Waals surface area contributed by atoms with Crippen LogP contribution in [0.1, 0.15) is 43.9 Å². The normalized spacial score (nSPS) is 22.9. The monoisotopic (exact) mass is 327 g/mol. The van der Waals surface area contributed by atoms with Crippen molar-refractivity contribution in [3.05, 3.63) is 24.2 Å². The molecule has 0 amide bonds. The van der Waals surface area contributed by atoms with Crippen LogP contribution in [0.15, 0.2) is 22.8 Å². The highest BCUT2D eigenvalue weighted by molar-refractivity contribution is 7.87. The zero-order valence-electron chi connectivity index (χ0n) is 12.9. The van der Waals surface area contributed by atoms with E-state index in [9.17, 15) is 8.42 Å². The molecule has 0 bridgehead atoms. The van der Waals surface area contributed by atoms with E-state index in [0.29, 0.717) is 19.6 Å². The van der Waals surface area contributed by atoms with E-state index in [1.165, 1.54) is 0 Å². The summed E-state index contributed by atoms with van der Waals surface area (Å²) in [7, 11) is -3.38. The zero-order chi connectivity index (χ0) is 15.4. The lowest BCUT2D eigenvalue weighted by Gasteiger charge is -2.29. The highest BCUT2D eigenvalue weighted by Crippen LogP contribution is 2.25. The number of likely N-dealkylation sites (tertiary alicyclic amines) is 1. The highest BCUT2D eigenvalue weighted by atomic mass is 32.2. The molecule has 0 aromatic carbocycles. The molecule has 0 radical (unpaired) electrons. The van der Waals surface area contributed by atoms with E-state index in [2.05, 4.69) is 9.62 Å². The van der Waals surface area contributed by atoms with Gasteiger partial charge in [-0.15, -0.1) is 0 Å². The van der Waals surface area contributed by atoms with Gasteiger partial charge in [0.1, 0.15) is 5.76 Å². The fraction of sp³-hybridized carbons (Fsp3) is 0.733. The van der Waals surface area contributed by atoms with Crippen LogP contribution in [0, 0.1) is 0 Å². The third kappa shape index (κ3) is 3.71. The number of hydrogen-bond acceptors (Lipinski definition) is 4. The predicted molar refractivity (Wildman–Crippen MR) is 84.6 cm³/mol. The van der Waals surface area contributed by atoms with Crippen molar-refractivity contribution < 1.29 is 12.8 Å². The minimum Gasteiger partial charge on any atom is -0.468 e. The predicted octanol–water partition coefficient (Wildman–Crippen LogP) is 1.74. The Labute approximate surface area is 132 Å². The third-order valence-electron chi connectivity index (χ3n) is 4.57. The molecule has 0 saturated carbocycles. The quantitative estimate of drug-likeness (QED) is 0.864. The van der Waals surface area contributed by atoms with Crippen LogP contribution in [0.3, 0.4) is 0 Å². The Morgan fingerprint density at radius 3 is 2.41 bits per heavy atom. The van der Waals surface area contributed by atoms with E-state index < -0.39 is 10.2 Å². The van der Waals surface area contributed by atoms with Gasteiger partial charge < -0.3 is 4.42 Å². The summed E-state index contributed by atoms with van der Waals surface area (Å²) in [6, 6.07) is 3.77. The van der Waals surface area contributed by atoms with E-state index in [4.69, 9.17) is 4.42 Å². The first-order valence-corrected chi connectivity index (χ1v) is 9.63. The van der Waals surface area contributed by atoms with Crippen molar-refractivity contribution in [2.75, 3.05) is 32.7 Å². The van der Waals surface area contributed by atoms with Crippen molar-refractivity contribution in [1.29, 1.82) is 0 Å². The standard InChI is InChI=1S/C15H25N3O3S/c19-22(20,18-10-2-1-3-11-18)16-13-14(15-7-6-12-21-15)17-8-4-5-9-17/h6-7,12,14,16H,1-5,8-11,13H2/t14-/m1/s1.